The van der Waals surface area contributed by atoms with Crippen LogP contribution in [0, 0.1) is 0 Å². The molecule has 5 N–H and O–H groups in total. The van der Waals surface area contributed by atoms with Gasteiger partial charge in [-0.2, -0.15) is 29.9 Å². The SMILES string of the molecule is CSCC[C@H](N)C(=O)c1ccc(Nc2ncc(C(F)(F)F)c(N)n2)cc1. The molecule has 0 saturated heterocycles. The van der Waals surface area contributed by atoms with Crippen molar-refractivity contribution in [3.63, 3.8) is 0 Å². The number of thioether (sulfide) groups is 1. The van der Waals surface area contributed by atoms with Gasteiger partial charge >= 0.3 is 6.18 Å². The van der Waals surface area contributed by atoms with Gasteiger partial charge in [-0.1, -0.05) is 0 Å². The average molecular weight is 385 g/mol. The van der Waals surface area contributed by atoms with Gasteiger partial charge in [0.1, 0.15) is 11.4 Å². The van der Waals surface area contributed by atoms with E-state index < -0.39 is 23.6 Å². The molecule has 140 valence electrons. The van der Waals surface area contributed by atoms with Gasteiger partial charge in [0.25, 0.3) is 0 Å². The lowest BCUT2D eigenvalue weighted by Crippen LogP contribution is -2.31. The monoisotopic (exact) mass is 385 g/mol. The van der Waals surface area contributed by atoms with Crippen LogP contribution >= 0.6 is 11.8 Å². The molecule has 1 atom stereocenters. The zero-order valence-corrected chi connectivity index (χ0v) is 14.7. The van der Waals surface area contributed by atoms with Crippen molar-refractivity contribution in [3.05, 3.63) is 41.6 Å². The Hall–Kier alpha value is -2.33. The van der Waals surface area contributed by atoms with Crippen LogP contribution in [-0.4, -0.2) is 33.8 Å². The van der Waals surface area contributed by atoms with Crippen molar-refractivity contribution in [1.82, 2.24) is 9.97 Å². The molecule has 0 aliphatic carbocycles. The first-order valence-corrected chi connectivity index (χ1v) is 8.97. The highest BCUT2D eigenvalue weighted by Crippen LogP contribution is 2.32. The van der Waals surface area contributed by atoms with Crippen LogP contribution in [0.15, 0.2) is 30.5 Å². The number of benzene rings is 1. The number of alkyl halides is 3. The first-order valence-electron chi connectivity index (χ1n) is 7.58. The maximum atomic E-state index is 12.6. The zero-order valence-electron chi connectivity index (χ0n) is 13.9. The summed E-state index contributed by atoms with van der Waals surface area (Å²) in [6, 6.07) is 5.77. The Bertz CT molecular complexity index is 767. The predicted octanol–water partition coefficient (Wildman–Crippen LogP) is 3.08. The van der Waals surface area contributed by atoms with Crippen LogP contribution in [0.3, 0.4) is 0 Å². The molecule has 0 radical (unpaired) electrons. The van der Waals surface area contributed by atoms with Crippen molar-refractivity contribution in [2.24, 2.45) is 5.73 Å². The van der Waals surface area contributed by atoms with E-state index in [1.807, 2.05) is 6.26 Å². The second-order valence-corrected chi connectivity index (χ2v) is 6.43. The van der Waals surface area contributed by atoms with Gasteiger partial charge in [-0.05, 0) is 42.7 Å². The summed E-state index contributed by atoms with van der Waals surface area (Å²) in [6.45, 7) is 0. The van der Waals surface area contributed by atoms with Crippen molar-refractivity contribution < 1.29 is 18.0 Å². The van der Waals surface area contributed by atoms with Gasteiger partial charge in [-0.25, -0.2) is 4.98 Å². The van der Waals surface area contributed by atoms with Gasteiger partial charge in [0.15, 0.2) is 5.78 Å². The standard InChI is InChI=1S/C16H18F3N5OS/c1-26-7-6-12(20)13(25)9-2-4-10(5-3-9)23-15-22-8-11(14(21)24-15)16(17,18)19/h2-5,8,12H,6-7,20H2,1H3,(H3,21,22,23,24)/t12-/m0/s1. The number of hydrogen-bond acceptors (Lipinski definition) is 7. The van der Waals surface area contributed by atoms with Crippen LogP contribution in [0.25, 0.3) is 0 Å². The third kappa shape index (κ3) is 5.09. The third-order valence-electron chi connectivity index (χ3n) is 3.52. The summed E-state index contributed by atoms with van der Waals surface area (Å²) < 4.78 is 37.9. The molecule has 10 heteroatoms. The summed E-state index contributed by atoms with van der Waals surface area (Å²) in [6.07, 6.45) is -1.47. The summed E-state index contributed by atoms with van der Waals surface area (Å²) in [5.41, 5.74) is 11.0. The number of nitrogen functional groups attached to an aromatic ring is 1. The fourth-order valence-electron chi connectivity index (χ4n) is 2.11. The Kier molecular flexibility index (Phi) is 6.43. The minimum atomic E-state index is -4.61. The highest BCUT2D eigenvalue weighted by molar-refractivity contribution is 7.98. The topological polar surface area (TPSA) is 107 Å². The van der Waals surface area contributed by atoms with Crippen LogP contribution < -0.4 is 16.8 Å². The Morgan fingerprint density at radius 3 is 2.50 bits per heavy atom. The van der Waals surface area contributed by atoms with Gasteiger partial charge in [-0.15, -0.1) is 0 Å². The number of anilines is 3. The first-order chi connectivity index (χ1) is 12.2. The largest absolute Gasteiger partial charge is 0.421 e. The molecular weight excluding hydrogens is 367 g/mol. The number of Topliss-reactive ketones (excluding diaryl/α,β-unsaturated/α-hetero) is 1. The van der Waals surface area contributed by atoms with Crippen LogP contribution in [0.1, 0.15) is 22.3 Å². The lowest BCUT2D eigenvalue weighted by atomic mass is 10.0. The number of halogens is 3. The number of nitrogens with two attached hydrogens (primary N) is 2. The van der Waals surface area contributed by atoms with E-state index in [0.29, 0.717) is 23.9 Å². The fraction of sp³-hybridized carbons (Fsp3) is 0.312. The Labute approximate surface area is 152 Å². The van der Waals surface area contributed by atoms with Crippen LogP contribution in [0.4, 0.5) is 30.6 Å². The molecule has 0 amide bonds. The van der Waals surface area contributed by atoms with Gasteiger partial charge < -0.3 is 16.8 Å². The minimum absolute atomic E-state index is 0.0775. The normalized spacial score (nSPS) is 12.7. The smallest absolute Gasteiger partial charge is 0.383 e. The van der Waals surface area contributed by atoms with Crippen molar-refractivity contribution in [2.75, 3.05) is 23.1 Å². The fourth-order valence-corrected chi connectivity index (χ4v) is 2.60. The maximum Gasteiger partial charge on any atom is 0.421 e. The second-order valence-electron chi connectivity index (χ2n) is 5.44. The molecule has 1 aromatic carbocycles. The van der Waals surface area contributed by atoms with Gasteiger partial charge in [0.2, 0.25) is 5.95 Å². The number of aromatic nitrogens is 2. The number of carbonyl (C=O) groups is 1. The van der Waals surface area contributed by atoms with E-state index in [0.717, 1.165) is 5.75 Å². The molecule has 0 bridgehead atoms. The van der Waals surface area contributed by atoms with E-state index in [-0.39, 0.29) is 11.7 Å². The summed E-state index contributed by atoms with van der Waals surface area (Å²) in [5, 5.41) is 2.74. The number of nitrogens with one attached hydrogen (secondary N) is 1. The summed E-state index contributed by atoms with van der Waals surface area (Å²) in [5.74, 6) is -0.118. The Morgan fingerprint density at radius 1 is 1.31 bits per heavy atom. The number of hydrogen-bond donors (Lipinski definition) is 3. The van der Waals surface area contributed by atoms with Crippen LogP contribution in [-0.2, 0) is 6.18 Å². The second kappa shape index (κ2) is 8.37. The maximum absolute atomic E-state index is 12.6. The number of carbonyl (C=O) groups excluding carboxylic acids is 1. The lowest BCUT2D eigenvalue weighted by Gasteiger charge is -2.12. The quantitative estimate of drug-likeness (QED) is 0.629. The highest BCUT2D eigenvalue weighted by Gasteiger charge is 2.34. The van der Waals surface area contributed by atoms with Crippen molar-refractivity contribution in [1.29, 1.82) is 0 Å². The van der Waals surface area contributed by atoms with Gasteiger partial charge in [0.05, 0.1) is 6.04 Å². The summed E-state index contributed by atoms with van der Waals surface area (Å²) in [7, 11) is 0. The predicted molar refractivity (Wildman–Crippen MR) is 96.5 cm³/mol. The van der Waals surface area contributed by atoms with Crippen LogP contribution in [0.5, 0.6) is 0 Å². The van der Waals surface area contributed by atoms with E-state index in [9.17, 15) is 18.0 Å². The molecule has 2 aromatic rings. The molecule has 1 aromatic heterocycles. The average Bonchev–Trinajstić information content (AvgIpc) is 2.58. The Balaban J connectivity index is 2.08. The molecule has 26 heavy (non-hydrogen) atoms. The molecule has 0 unspecified atom stereocenters. The molecule has 0 aliphatic heterocycles. The number of nitrogens with zero attached hydrogens (tertiary/aromatic N) is 2. The van der Waals surface area contributed by atoms with E-state index in [4.69, 9.17) is 11.5 Å². The minimum Gasteiger partial charge on any atom is -0.383 e. The van der Waals surface area contributed by atoms with Crippen LogP contribution in [0.2, 0.25) is 0 Å². The van der Waals surface area contributed by atoms with Crippen molar-refractivity contribution in [2.45, 2.75) is 18.6 Å². The van der Waals surface area contributed by atoms with Crippen molar-refractivity contribution in [3.8, 4) is 0 Å². The molecule has 0 saturated carbocycles. The van der Waals surface area contributed by atoms with E-state index in [1.54, 1.807) is 36.0 Å². The van der Waals surface area contributed by atoms with E-state index in [2.05, 4.69) is 15.3 Å². The molecule has 0 fully saturated rings. The van der Waals surface area contributed by atoms with E-state index >= 15 is 0 Å². The third-order valence-corrected chi connectivity index (χ3v) is 4.16. The number of ketones is 1. The van der Waals surface area contributed by atoms with E-state index in [1.165, 1.54) is 0 Å². The Morgan fingerprint density at radius 2 is 1.96 bits per heavy atom. The number of rotatable bonds is 7. The summed E-state index contributed by atoms with van der Waals surface area (Å²) >= 11 is 1.61. The molecule has 1 heterocycles. The zero-order chi connectivity index (χ0) is 19.3. The molecule has 0 aliphatic rings. The lowest BCUT2D eigenvalue weighted by molar-refractivity contribution is -0.137. The van der Waals surface area contributed by atoms with Gasteiger partial charge in [0, 0.05) is 17.4 Å². The highest BCUT2D eigenvalue weighted by atomic mass is 32.2. The van der Waals surface area contributed by atoms with Gasteiger partial charge in [-0.3, -0.25) is 4.79 Å². The van der Waals surface area contributed by atoms with Crippen molar-refractivity contribution >= 4 is 35.0 Å². The molecular formula is C16H18F3N5OS. The first kappa shape index (κ1) is 20.0. The molecule has 2 rings (SSSR count). The molecule has 0 spiro atoms. The molecule has 6 nitrogen and oxygen atoms in total. The summed E-state index contributed by atoms with van der Waals surface area (Å²) in [4.78, 5) is 19.4.